The van der Waals surface area contributed by atoms with E-state index in [-0.39, 0.29) is 17.4 Å². The molecule has 0 aromatic heterocycles. The van der Waals surface area contributed by atoms with Gasteiger partial charge in [-0.05, 0) is 42.5 Å². The summed E-state index contributed by atoms with van der Waals surface area (Å²) in [5, 5.41) is 11.8. The Bertz CT molecular complexity index is 717. The van der Waals surface area contributed by atoms with Crippen LogP contribution in [0.2, 0.25) is 0 Å². The lowest BCUT2D eigenvalue weighted by Gasteiger charge is -2.61. The Morgan fingerprint density at radius 3 is 3.00 bits per heavy atom. The number of aliphatic hydroxyl groups is 1. The van der Waals surface area contributed by atoms with Gasteiger partial charge in [-0.25, -0.2) is 0 Å². The maximum atomic E-state index is 12.2. The summed E-state index contributed by atoms with van der Waals surface area (Å²) in [5.41, 5.74) is 1.09. The summed E-state index contributed by atoms with van der Waals surface area (Å²) in [7, 11) is 1.67. The Kier molecular flexibility index (Phi) is 3.46. The molecule has 2 heterocycles. The summed E-state index contributed by atoms with van der Waals surface area (Å²) in [6.07, 6.45) is 4.61. The first-order chi connectivity index (χ1) is 11.5. The van der Waals surface area contributed by atoms with E-state index in [1.165, 1.54) is 11.1 Å². The number of nitrogens with zero attached hydrogens (tertiary/aromatic N) is 2. The molecular weight excluding hydrogens is 304 g/mol. The number of ether oxygens (including phenoxy) is 1. The first kappa shape index (κ1) is 15.6. The Morgan fingerprint density at radius 2 is 2.25 bits per heavy atom. The lowest BCUT2D eigenvalue weighted by Crippen LogP contribution is -2.72. The Labute approximate surface area is 142 Å². The lowest BCUT2D eigenvalue weighted by molar-refractivity contribution is -0.163. The topological polar surface area (TPSA) is 62.1 Å². The highest BCUT2D eigenvalue weighted by atomic mass is 16.5. The Hall–Kier alpha value is -1.88. The van der Waals surface area contributed by atoms with Crippen LogP contribution in [0.15, 0.2) is 23.2 Å². The average Bonchev–Trinajstić information content (AvgIpc) is 2.74. The third kappa shape index (κ3) is 1.91. The maximum absolute atomic E-state index is 12.2. The summed E-state index contributed by atoms with van der Waals surface area (Å²) in [6, 6.07) is 5.97. The van der Waals surface area contributed by atoms with Crippen molar-refractivity contribution in [3.8, 4) is 5.75 Å². The van der Waals surface area contributed by atoms with E-state index < -0.39 is 5.60 Å². The molecule has 0 spiro atoms. The second kappa shape index (κ2) is 5.31. The van der Waals surface area contributed by atoms with Crippen LogP contribution in [0.1, 0.15) is 37.3 Å². The quantitative estimate of drug-likeness (QED) is 0.853. The van der Waals surface area contributed by atoms with Gasteiger partial charge in [0.15, 0.2) is 0 Å². The molecule has 0 unspecified atom stereocenters. The minimum atomic E-state index is -0.962. The highest BCUT2D eigenvalue weighted by Crippen LogP contribution is 2.55. The van der Waals surface area contributed by atoms with E-state index in [4.69, 9.17) is 4.74 Å². The number of hydrogen-bond acceptors (Lipinski definition) is 4. The van der Waals surface area contributed by atoms with Gasteiger partial charge in [0.1, 0.15) is 5.75 Å². The van der Waals surface area contributed by atoms with Crippen LogP contribution < -0.4 is 4.74 Å². The number of fused-ring (bicyclic) bond motifs is 1. The van der Waals surface area contributed by atoms with Crippen molar-refractivity contribution in [2.24, 2.45) is 4.99 Å². The van der Waals surface area contributed by atoms with Gasteiger partial charge in [-0.15, -0.1) is 0 Å². The second-order valence-electron chi connectivity index (χ2n) is 7.25. The largest absolute Gasteiger partial charge is 0.497 e. The van der Waals surface area contributed by atoms with E-state index in [1.54, 1.807) is 14.0 Å². The molecule has 5 nitrogen and oxygen atoms in total. The summed E-state index contributed by atoms with van der Waals surface area (Å²) < 4.78 is 5.44. The van der Waals surface area contributed by atoms with E-state index in [0.717, 1.165) is 18.6 Å². The number of methoxy groups -OCH3 is 1. The molecule has 1 aliphatic carbocycles. The van der Waals surface area contributed by atoms with Crippen LogP contribution in [0.25, 0.3) is 0 Å². The monoisotopic (exact) mass is 328 g/mol. The van der Waals surface area contributed by atoms with Crippen LogP contribution >= 0.6 is 0 Å². The summed E-state index contributed by atoms with van der Waals surface area (Å²) in [6.45, 7) is 3.01. The number of amides is 1. The normalized spacial score (nSPS) is 34.1. The molecule has 5 heteroatoms. The van der Waals surface area contributed by atoms with Crippen LogP contribution in [0.3, 0.4) is 0 Å². The molecular formula is C19H24N2O3. The first-order valence-electron chi connectivity index (χ1n) is 8.67. The number of carbonyl (C=O) groups is 1. The molecule has 1 N–H and O–H groups in total. The van der Waals surface area contributed by atoms with Crippen molar-refractivity contribution < 1.29 is 14.6 Å². The maximum Gasteiger partial charge on any atom is 0.219 e. The van der Waals surface area contributed by atoms with E-state index in [2.05, 4.69) is 17.1 Å². The highest BCUT2D eigenvalue weighted by Gasteiger charge is 2.62. The van der Waals surface area contributed by atoms with Crippen LogP contribution in [0.5, 0.6) is 5.75 Å². The van der Waals surface area contributed by atoms with Crippen molar-refractivity contribution >= 4 is 12.1 Å². The molecule has 1 aromatic rings. The van der Waals surface area contributed by atoms with Crippen molar-refractivity contribution in [1.29, 1.82) is 0 Å². The number of aliphatic imine (C=N–C) groups is 1. The van der Waals surface area contributed by atoms with Crippen LogP contribution in [-0.4, -0.2) is 54.0 Å². The Morgan fingerprint density at radius 1 is 1.42 bits per heavy atom. The van der Waals surface area contributed by atoms with Crippen molar-refractivity contribution in [3.05, 3.63) is 29.3 Å². The zero-order valence-electron chi connectivity index (χ0n) is 14.3. The van der Waals surface area contributed by atoms with E-state index in [9.17, 15) is 9.90 Å². The number of likely N-dealkylation sites (tertiary alicyclic amines) is 1. The van der Waals surface area contributed by atoms with E-state index in [0.29, 0.717) is 25.9 Å². The molecule has 24 heavy (non-hydrogen) atoms. The zero-order valence-corrected chi connectivity index (χ0v) is 14.3. The second-order valence-corrected chi connectivity index (χ2v) is 7.25. The number of benzene rings is 1. The standard InChI is InChI=1S/C19H24N2O3/c1-13(22)21-10-7-18-5-8-20-9-6-19(18,23)17(21)11-14-3-4-15(24-2)12-16(14)18/h3-4,9,12,17,23H,5-8,10-11H2,1-2H3/t17-,18-,19-/m1/s1. The van der Waals surface area contributed by atoms with Gasteiger partial charge in [0, 0.05) is 38.1 Å². The van der Waals surface area contributed by atoms with Gasteiger partial charge in [0.25, 0.3) is 0 Å². The Balaban J connectivity index is 1.94. The fourth-order valence-electron chi connectivity index (χ4n) is 5.16. The van der Waals surface area contributed by atoms with Gasteiger partial charge < -0.3 is 14.7 Å². The highest BCUT2D eigenvalue weighted by molar-refractivity contribution is 5.75. The lowest BCUT2D eigenvalue weighted by atomic mass is 9.52. The van der Waals surface area contributed by atoms with E-state index >= 15 is 0 Å². The number of rotatable bonds is 1. The van der Waals surface area contributed by atoms with Gasteiger partial charge in [-0.3, -0.25) is 9.79 Å². The molecule has 1 amide bonds. The van der Waals surface area contributed by atoms with E-state index in [1.807, 2.05) is 17.2 Å². The van der Waals surface area contributed by atoms with Crippen LogP contribution in [-0.2, 0) is 16.6 Å². The molecule has 3 atom stereocenters. The van der Waals surface area contributed by atoms with Crippen molar-refractivity contribution in [2.75, 3.05) is 20.2 Å². The SMILES string of the molecule is COc1ccc2c(c1)[C@]13CCN=CC[C@@]1(O)[C@@H](C2)N(C(C)=O)CC3. The molecule has 0 radical (unpaired) electrons. The number of carbonyl (C=O) groups excluding carboxylic acids is 1. The third-order valence-electron chi connectivity index (χ3n) is 6.39. The first-order valence-corrected chi connectivity index (χ1v) is 8.67. The molecule has 1 aromatic carbocycles. The zero-order chi connectivity index (χ0) is 16.9. The fraction of sp³-hybridized carbons (Fsp3) is 0.579. The number of piperidine rings is 1. The van der Waals surface area contributed by atoms with Gasteiger partial charge in [-0.2, -0.15) is 0 Å². The minimum Gasteiger partial charge on any atom is -0.497 e. The molecule has 3 aliphatic rings. The molecule has 2 bridgehead atoms. The number of hydrogen-bond donors (Lipinski definition) is 1. The van der Waals surface area contributed by atoms with Crippen molar-refractivity contribution in [1.82, 2.24) is 4.90 Å². The van der Waals surface area contributed by atoms with Crippen molar-refractivity contribution in [3.63, 3.8) is 0 Å². The van der Waals surface area contributed by atoms with Gasteiger partial charge in [0.05, 0.1) is 18.8 Å². The predicted octanol–water partition coefficient (Wildman–Crippen LogP) is 1.71. The predicted molar refractivity (Wildman–Crippen MR) is 91.7 cm³/mol. The molecule has 4 rings (SSSR count). The molecule has 1 fully saturated rings. The molecule has 2 aliphatic heterocycles. The minimum absolute atomic E-state index is 0.0418. The van der Waals surface area contributed by atoms with Crippen LogP contribution in [0.4, 0.5) is 0 Å². The average molecular weight is 328 g/mol. The van der Waals surface area contributed by atoms with Gasteiger partial charge in [0.2, 0.25) is 5.91 Å². The summed E-state index contributed by atoms with van der Waals surface area (Å²) in [4.78, 5) is 18.5. The molecule has 128 valence electrons. The van der Waals surface area contributed by atoms with Crippen LogP contribution in [0, 0.1) is 0 Å². The van der Waals surface area contributed by atoms with Crippen molar-refractivity contribution in [2.45, 2.75) is 49.7 Å². The fourth-order valence-corrected chi connectivity index (χ4v) is 5.16. The summed E-state index contributed by atoms with van der Waals surface area (Å²) in [5.74, 6) is 0.864. The summed E-state index contributed by atoms with van der Waals surface area (Å²) >= 11 is 0. The molecule has 1 saturated heterocycles. The molecule has 0 saturated carbocycles. The van der Waals surface area contributed by atoms with Gasteiger partial charge in [-0.1, -0.05) is 6.07 Å². The smallest absolute Gasteiger partial charge is 0.219 e. The third-order valence-corrected chi connectivity index (χ3v) is 6.39. The van der Waals surface area contributed by atoms with Gasteiger partial charge >= 0.3 is 0 Å².